The van der Waals surface area contributed by atoms with E-state index >= 15 is 0 Å². The van der Waals surface area contributed by atoms with Crippen molar-refractivity contribution < 1.29 is 4.79 Å². The molecule has 92 valence electrons. The van der Waals surface area contributed by atoms with Gasteiger partial charge in [-0.2, -0.15) is 5.10 Å². The van der Waals surface area contributed by atoms with E-state index in [0.29, 0.717) is 11.7 Å². The van der Waals surface area contributed by atoms with Gasteiger partial charge in [-0.25, -0.2) is 0 Å². The molecule has 3 rings (SSSR count). The minimum absolute atomic E-state index is 0.560. The number of fused-ring (bicyclic) bond motifs is 1. The van der Waals surface area contributed by atoms with Gasteiger partial charge in [-0.1, -0.05) is 19.3 Å². The van der Waals surface area contributed by atoms with Crippen LogP contribution in [0.3, 0.4) is 0 Å². The SMILES string of the molecule is O=Cc1nn(C2CCCCC2)c2c1CCCC2. The lowest BCUT2D eigenvalue weighted by atomic mass is 9.93. The summed E-state index contributed by atoms with van der Waals surface area (Å²) < 4.78 is 2.21. The van der Waals surface area contributed by atoms with Crippen molar-refractivity contribution in [3.63, 3.8) is 0 Å². The van der Waals surface area contributed by atoms with E-state index in [-0.39, 0.29) is 0 Å². The molecule has 3 heteroatoms. The van der Waals surface area contributed by atoms with Crippen molar-refractivity contribution in [2.45, 2.75) is 63.8 Å². The lowest BCUT2D eigenvalue weighted by Gasteiger charge is -2.25. The average Bonchev–Trinajstić information content (AvgIpc) is 2.78. The molecule has 0 unspecified atom stereocenters. The van der Waals surface area contributed by atoms with Gasteiger partial charge in [0.15, 0.2) is 6.29 Å². The molecule has 2 aliphatic carbocycles. The second-order valence-electron chi connectivity index (χ2n) is 5.37. The Morgan fingerprint density at radius 2 is 1.82 bits per heavy atom. The molecule has 1 saturated carbocycles. The predicted octanol–water partition coefficient (Wildman–Crippen LogP) is 3.08. The summed E-state index contributed by atoms with van der Waals surface area (Å²) in [5.41, 5.74) is 3.33. The van der Waals surface area contributed by atoms with Crippen molar-refractivity contribution in [3.05, 3.63) is 17.0 Å². The number of aromatic nitrogens is 2. The third-order valence-electron chi connectivity index (χ3n) is 4.27. The average molecular weight is 232 g/mol. The van der Waals surface area contributed by atoms with Crippen molar-refractivity contribution in [1.29, 1.82) is 0 Å². The van der Waals surface area contributed by atoms with Gasteiger partial charge in [0.2, 0.25) is 0 Å². The molecule has 0 amide bonds. The Morgan fingerprint density at radius 1 is 1.06 bits per heavy atom. The third-order valence-corrected chi connectivity index (χ3v) is 4.27. The first-order chi connectivity index (χ1) is 8.40. The van der Waals surface area contributed by atoms with Crippen molar-refractivity contribution in [1.82, 2.24) is 9.78 Å². The fraction of sp³-hybridized carbons (Fsp3) is 0.714. The van der Waals surface area contributed by atoms with E-state index in [4.69, 9.17) is 0 Å². The largest absolute Gasteiger partial charge is 0.296 e. The van der Waals surface area contributed by atoms with Crippen LogP contribution in [0, 0.1) is 0 Å². The minimum Gasteiger partial charge on any atom is -0.296 e. The Labute approximate surface area is 102 Å². The van der Waals surface area contributed by atoms with Gasteiger partial charge in [0.05, 0.1) is 6.04 Å². The number of hydrogen-bond acceptors (Lipinski definition) is 2. The van der Waals surface area contributed by atoms with Gasteiger partial charge in [-0.15, -0.1) is 0 Å². The number of hydrogen-bond donors (Lipinski definition) is 0. The molecule has 0 N–H and O–H groups in total. The Balaban J connectivity index is 1.97. The number of nitrogens with zero attached hydrogens (tertiary/aromatic N) is 2. The lowest BCUT2D eigenvalue weighted by Crippen LogP contribution is -2.18. The van der Waals surface area contributed by atoms with Gasteiger partial charge < -0.3 is 0 Å². The molecule has 17 heavy (non-hydrogen) atoms. The molecule has 1 fully saturated rings. The molecule has 0 aromatic carbocycles. The summed E-state index contributed by atoms with van der Waals surface area (Å²) in [4.78, 5) is 11.1. The highest BCUT2D eigenvalue weighted by Gasteiger charge is 2.25. The molecule has 1 aromatic heterocycles. The Kier molecular flexibility index (Phi) is 3.00. The normalized spacial score (nSPS) is 21.2. The van der Waals surface area contributed by atoms with E-state index in [1.165, 1.54) is 56.2 Å². The van der Waals surface area contributed by atoms with Crippen LogP contribution in [0.2, 0.25) is 0 Å². The maximum absolute atomic E-state index is 11.1. The zero-order valence-corrected chi connectivity index (χ0v) is 10.3. The molecule has 1 heterocycles. The molecule has 0 bridgehead atoms. The van der Waals surface area contributed by atoms with E-state index in [2.05, 4.69) is 9.78 Å². The van der Waals surface area contributed by atoms with E-state index in [0.717, 1.165) is 19.1 Å². The zero-order valence-electron chi connectivity index (χ0n) is 10.3. The first kappa shape index (κ1) is 11.0. The van der Waals surface area contributed by atoms with Gasteiger partial charge in [0, 0.05) is 11.3 Å². The van der Waals surface area contributed by atoms with Crippen LogP contribution in [-0.4, -0.2) is 16.1 Å². The lowest BCUT2D eigenvalue weighted by molar-refractivity contribution is 0.111. The second kappa shape index (κ2) is 4.63. The molecule has 0 aliphatic heterocycles. The van der Waals surface area contributed by atoms with Crippen LogP contribution < -0.4 is 0 Å². The molecule has 0 radical (unpaired) electrons. The van der Waals surface area contributed by atoms with Crippen LogP contribution in [0.5, 0.6) is 0 Å². The summed E-state index contributed by atoms with van der Waals surface area (Å²) in [5, 5.41) is 4.58. The third kappa shape index (κ3) is 1.92. The van der Waals surface area contributed by atoms with E-state index in [9.17, 15) is 4.79 Å². The Morgan fingerprint density at radius 3 is 2.59 bits per heavy atom. The van der Waals surface area contributed by atoms with Gasteiger partial charge >= 0.3 is 0 Å². The van der Waals surface area contributed by atoms with Crippen LogP contribution in [0.4, 0.5) is 0 Å². The first-order valence-corrected chi connectivity index (χ1v) is 6.95. The molecule has 0 atom stereocenters. The number of rotatable bonds is 2. The standard InChI is InChI=1S/C14H20N2O/c17-10-13-12-8-4-5-9-14(12)16(15-13)11-6-2-1-3-7-11/h10-11H,1-9H2. The van der Waals surface area contributed by atoms with Gasteiger partial charge in [0.1, 0.15) is 5.69 Å². The number of aldehydes is 1. The zero-order chi connectivity index (χ0) is 11.7. The van der Waals surface area contributed by atoms with E-state index in [1.54, 1.807) is 0 Å². The molecule has 3 nitrogen and oxygen atoms in total. The monoisotopic (exact) mass is 232 g/mol. The van der Waals surface area contributed by atoms with Crippen molar-refractivity contribution in [2.75, 3.05) is 0 Å². The highest BCUT2D eigenvalue weighted by Crippen LogP contribution is 2.32. The van der Waals surface area contributed by atoms with Gasteiger partial charge in [-0.3, -0.25) is 9.48 Å². The van der Waals surface area contributed by atoms with Crippen LogP contribution >= 0.6 is 0 Å². The van der Waals surface area contributed by atoms with Crippen molar-refractivity contribution in [3.8, 4) is 0 Å². The maximum Gasteiger partial charge on any atom is 0.170 e. The highest BCUT2D eigenvalue weighted by molar-refractivity contribution is 5.75. The van der Waals surface area contributed by atoms with Crippen LogP contribution in [-0.2, 0) is 12.8 Å². The molecule has 0 spiro atoms. The second-order valence-corrected chi connectivity index (χ2v) is 5.37. The molecule has 0 saturated heterocycles. The van der Waals surface area contributed by atoms with Crippen molar-refractivity contribution >= 4 is 6.29 Å². The van der Waals surface area contributed by atoms with Crippen LogP contribution in [0.25, 0.3) is 0 Å². The van der Waals surface area contributed by atoms with E-state index < -0.39 is 0 Å². The quantitative estimate of drug-likeness (QED) is 0.734. The molecule has 1 aromatic rings. The summed E-state index contributed by atoms with van der Waals surface area (Å²) in [6.45, 7) is 0. The fourth-order valence-electron chi connectivity index (χ4n) is 3.38. The summed E-state index contributed by atoms with van der Waals surface area (Å²) in [6, 6.07) is 0.560. The Bertz CT molecular complexity index is 416. The maximum atomic E-state index is 11.1. The van der Waals surface area contributed by atoms with Crippen LogP contribution in [0.15, 0.2) is 0 Å². The van der Waals surface area contributed by atoms with Crippen LogP contribution in [0.1, 0.15) is 72.7 Å². The summed E-state index contributed by atoms with van der Waals surface area (Å²) in [7, 11) is 0. The summed E-state index contributed by atoms with van der Waals surface area (Å²) >= 11 is 0. The molecular weight excluding hydrogens is 212 g/mol. The van der Waals surface area contributed by atoms with Gasteiger partial charge in [0.25, 0.3) is 0 Å². The van der Waals surface area contributed by atoms with Gasteiger partial charge in [-0.05, 0) is 38.5 Å². The molecule has 2 aliphatic rings. The Hall–Kier alpha value is -1.12. The number of carbonyl (C=O) groups is 1. The van der Waals surface area contributed by atoms with Crippen molar-refractivity contribution in [2.24, 2.45) is 0 Å². The topological polar surface area (TPSA) is 34.9 Å². The predicted molar refractivity (Wildman–Crippen MR) is 66.4 cm³/mol. The highest BCUT2D eigenvalue weighted by atomic mass is 16.1. The smallest absolute Gasteiger partial charge is 0.170 e. The van der Waals surface area contributed by atoms with E-state index in [1.807, 2.05) is 0 Å². The number of carbonyl (C=O) groups excluding carboxylic acids is 1. The fourth-order valence-corrected chi connectivity index (χ4v) is 3.38. The first-order valence-electron chi connectivity index (χ1n) is 6.95. The minimum atomic E-state index is 0.560. The molecular formula is C14H20N2O. The summed E-state index contributed by atoms with van der Waals surface area (Å²) in [5.74, 6) is 0. The summed E-state index contributed by atoms with van der Waals surface area (Å²) in [6.07, 6.45) is 12.1.